The van der Waals surface area contributed by atoms with Crippen LogP contribution < -0.4 is 11.1 Å². The number of nitrogens with one attached hydrogen (secondary N) is 1. The van der Waals surface area contributed by atoms with Crippen LogP contribution in [0.15, 0.2) is 17.5 Å². The average Bonchev–Trinajstić information content (AvgIpc) is 2.94. The lowest BCUT2D eigenvalue weighted by atomic mass is 10.0. The van der Waals surface area contributed by atoms with Crippen molar-refractivity contribution >= 4 is 17.2 Å². The van der Waals surface area contributed by atoms with Crippen molar-refractivity contribution in [2.24, 2.45) is 11.1 Å². The van der Waals surface area contributed by atoms with Gasteiger partial charge in [-0.15, -0.1) is 11.3 Å². The largest absolute Gasteiger partial charge is 0.385 e. The SMILES string of the molecule is COCCC1(CNC(=O)C(N)c2cccs2)CC1. The van der Waals surface area contributed by atoms with Gasteiger partial charge in [0.15, 0.2) is 0 Å². The second-order valence-corrected chi connectivity index (χ2v) is 5.93. The molecule has 1 unspecified atom stereocenters. The number of amides is 1. The molecule has 3 N–H and O–H groups in total. The predicted molar refractivity (Wildman–Crippen MR) is 72.4 cm³/mol. The van der Waals surface area contributed by atoms with Crippen LogP contribution in [-0.2, 0) is 9.53 Å². The van der Waals surface area contributed by atoms with E-state index in [2.05, 4.69) is 5.32 Å². The predicted octanol–water partition coefficient (Wildman–Crippen LogP) is 1.68. The molecule has 1 atom stereocenters. The zero-order valence-electron chi connectivity index (χ0n) is 10.6. The van der Waals surface area contributed by atoms with Crippen LogP contribution in [0.5, 0.6) is 0 Å². The summed E-state index contributed by atoms with van der Waals surface area (Å²) in [5, 5.41) is 4.90. The van der Waals surface area contributed by atoms with Gasteiger partial charge in [-0.25, -0.2) is 0 Å². The average molecular weight is 268 g/mol. The van der Waals surface area contributed by atoms with E-state index in [-0.39, 0.29) is 11.3 Å². The van der Waals surface area contributed by atoms with Crippen LogP contribution in [0.3, 0.4) is 0 Å². The summed E-state index contributed by atoms with van der Waals surface area (Å²) in [4.78, 5) is 12.8. The highest BCUT2D eigenvalue weighted by atomic mass is 32.1. The van der Waals surface area contributed by atoms with Gasteiger partial charge in [-0.3, -0.25) is 4.79 Å². The van der Waals surface area contributed by atoms with Gasteiger partial charge in [0.1, 0.15) is 6.04 Å². The van der Waals surface area contributed by atoms with Gasteiger partial charge in [0.25, 0.3) is 0 Å². The van der Waals surface area contributed by atoms with Crippen LogP contribution in [0.1, 0.15) is 30.2 Å². The Morgan fingerprint density at radius 3 is 3.00 bits per heavy atom. The maximum Gasteiger partial charge on any atom is 0.242 e. The van der Waals surface area contributed by atoms with Crippen molar-refractivity contribution in [1.29, 1.82) is 0 Å². The molecule has 1 aromatic rings. The molecule has 0 radical (unpaired) electrons. The number of ether oxygens (including phenoxy) is 1. The molecular weight excluding hydrogens is 248 g/mol. The molecule has 0 spiro atoms. The Labute approximate surface area is 112 Å². The van der Waals surface area contributed by atoms with Gasteiger partial charge < -0.3 is 15.8 Å². The number of thiophene rings is 1. The highest BCUT2D eigenvalue weighted by Gasteiger charge is 2.42. The third-order valence-electron chi connectivity index (χ3n) is 3.56. The third-order valence-corrected chi connectivity index (χ3v) is 4.52. The lowest BCUT2D eigenvalue weighted by Crippen LogP contribution is -2.37. The van der Waals surface area contributed by atoms with Crippen LogP contribution in [0, 0.1) is 5.41 Å². The Hall–Kier alpha value is -0.910. The van der Waals surface area contributed by atoms with Gasteiger partial charge in [-0.05, 0) is 36.1 Å². The van der Waals surface area contributed by atoms with Crippen molar-refractivity contribution in [3.63, 3.8) is 0 Å². The van der Waals surface area contributed by atoms with E-state index in [1.165, 1.54) is 24.2 Å². The molecule has 100 valence electrons. The summed E-state index contributed by atoms with van der Waals surface area (Å²) in [6, 6.07) is 3.27. The quantitative estimate of drug-likeness (QED) is 0.791. The summed E-state index contributed by atoms with van der Waals surface area (Å²) in [5.41, 5.74) is 6.17. The van der Waals surface area contributed by atoms with E-state index in [0.717, 1.165) is 17.9 Å². The van der Waals surface area contributed by atoms with Crippen molar-refractivity contribution in [2.45, 2.75) is 25.3 Å². The minimum atomic E-state index is -0.539. The smallest absolute Gasteiger partial charge is 0.242 e. The maximum absolute atomic E-state index is 11.9. The Kier molecular flexibility index (Phi) is 4.37. The summed E-state index contributed by atoms with van der Waals surface area (Å²) in [6.45, 7) is 1.47. The fourth-order valence-corrected chi connectivity index (χ4v) is 2.72. The highest BCUT2D eigenvalue weighted by molar-refractivity contribution is 7.10. The van der Waals surface area contributed by atoms with Gasteiger partial charge in [-0.1, -0.05) is 6.07 Å². The summed E-state index contributed by atoms with van der Waals surface area (Å²) in [5.74, 6) is -0.0823. The summed E-state index contributed by atoms with van der Waals surface area (Å²) in [6.07, 6.45) is 3.35. The normalized spacial score (nSPS) is 18.3. The molecule has 4 nitrogen and oxygen atoms in total. The van der Waals surface area contributed by atoms with Gasteiger partial charge in [0, 0.05) is 25.1 Å². The Bertz CT molecular complexity index is 388. The Morgan fingerprint density at radius 1 is 1.67 bits per heavy atom. The molecule has 0 aliphatic heterocycles. The van der Waals surface area contributed by atoms with Crippen LogP contribution >= 0.6 is 11.3 Å². The molecule has 1 aliphatic carbocycles. The fourth-order valence-electron chi connectivity index (χ4n) is 1.99. The molecule has 0 aromatic carbocycles. The van der Waals surface area contributed by atoms with E-state index in [4.69, 9.17) is 10.5 Å². The molecule has 0 bridgehead atoms. The Balaban J connectivity index is 1.78. The lowest BCUT2D eigenvalue weighted by molar-refractivity contribution is -0.122. The van der Waals surface area contributed by atoms with Crippen LogP contribution in [0.2, 0.25) is 0 Å². The van der Waals surface area contributed by atoms with E-state index in [0.29, 0.717) is 6.54 Å². The number of carbonyl (C=O) groups excluding carboxylic acids is 1. The minimum absolute atomic E-state index is 0.0823. The molecule has 2 rings (SSSR count). The highest BCUT2D eigenvalue weighted by Crippen LogP contribution is 2.48. The molecule has 5 heteroatoms. The first-order valence-corrected chi connectivity index (χ1v) is 7.10. The molecular formula is C13H20N2O2S. The van der Waals surface area contributed by atoms with Crippen molar-refractivity contribution in [2.75, 3.05) is 20.3 Å². The minimum Gasteiger partial charge on any atom is -0.385 e. The number of hydrogen-bond donors (Lipinski definition) is 2. The standard InChI is InChI=1S/C13H20N2O2S/c1-17-7-6-13(4-5-13)9-15-12(16)11(14)10-3-2-8-18-10/h2-3,8,11H,4-7,9,14H2,1H3,(H,15,16). The molecule has 1 aliphatic rings. The van der Waals surface area contributed by atoms with Crippen LogP contribution in [0.4, 0.5) is 0 Å². The molecule has 1 aromatic heterocycles. The number of methoxy groups -OCH3 is 1. The zero-order chi connectivity index (χ0) is 13.0. The van der Waals surface area contributed by atoms with Crippen LogP contribution in [-0.4, -0.2) is 26.2 Å². The first kappa shape index (κ1) is 13.5. The number of carbonyl (C=O) groups is 1. The van der Waals surface area contributed by atoms with Gasteiger partial charge in [-0.2, -0.15) is 0 Å². The molecule has 0 saturated heterocycles. The number of rotatable bonds is 7. The van der Waals surface area contributed by atoms with Gasteiger partial charge in [0.05, 0.1) is 0 Å². The zero-order valence-corrected chi connectivity index (χ0v) is 11.5. The molecule has 1 fully saturated rings. The second-order valence-electron chi connectivity index (χ2n) is 4.95. The second kappa shape index (κ2) is 5.82. The number of nitrogens with two attached hydrogens (primary N) is 1. The first-order chi connectivity index (χ1) is 8.67. The van der Waals surface area contributed by atoms with Crippen molar-refractivity contribution in [1.82, 2.24) is 5.32 Å². The van der Waals surface area contributed by atoms with E-state index in [1.54, 1.807) is 7.11 Å². The van der Waals surface area contributed by atoms with E-state index >= 15 is 0 Å². The summed E-state index contributed by atoms with van der Waals surface area (Å²) < 4.78 is 5.10. The van der Waals surface area contributed by atoms with E-state index < -0.39 is 6.04 Å². The van der Waals surface area contributed by atoms with Gasteiger partial charge >= 0.3 is 0 Å². The lowest BCUT2D eigenvalue weighted by Gasteiger charge is -2.17. The first-order valence-electron chi connectivity index (χ1n) is 6.22. The number of hydrogen-bond acceptors (Lipinski definition) is 4. The fraction of sp³-hybridized carbons (Fsp3) is 0.615. The van der Waals surface area contributed by atoms with Crippen molar-refractivity contribution in [3.05, 3.63) is 22.4 Å². The summed E-state index contributed by atoms with van der Waals surface area (Å²) in [7, 11) is 1.71. The van der Waals surface area contributed by atoms with Crippen molar-refractivity contribution < 1.29 is 9.53 Å². The topological polar surface area (TPSA) is 64.3 Å². The third kappa shape index (κ3) is 3.31. The maximum atomic E-state index is 11.9. The van der Waals surface area contributed by atoms with Gasteiger partial charge in [0.2, 0.25) is 5.91 Å². The molecule has 1 heterocycles. The molecule has 18 heavy (non-hydrogen) atoms. The van der Waals surface area contributed by atoms with Crippen LogP contribution in [0.25, 0.3) is 0 Å². The van der Waals surface area contributed by atoms with E-state index in [1.807, 2.05) is 17.5 Å². The van der Waals surface area contributed by atoms with Crippen molar-refractivity contribution in [3.8, 4) is 0 Å². The molecule has 1 amide bonds. The monoisotopic (exact) mass is 268 g/mol. The molecule has 1 saturated carbocycles. The summed E-state index contributed by atoms with van der Waals surface area (Å²) >= 11 is 1.52. The van der Waals surface area contributed by atoms with E-state index in [9.17, 15) is 4.79 Å². The Morgan fingerprint density at radius 2 is 2.44 bits per heavy atom.